The van der Waals surface area contributed by atoms with Crippen LogP contribution in [0.5, 0.6) is 0 Å². The summed E-state index contributed by atoms with van der Waals surface area (Å²) in [6, 6.07) is 8.35. The number of rotatable bonds is 5. The zero-order valence-corrected chi connectivity index (χ0v) is 11.8. The van der Waals surface area contributed by atoms with E-state index in [-0.39, 0.29) is 5.60 Å². The van der Waals surface area contributed by atoms with Crippen LogP contribution in [0.1, 0.15) is 29.8 Å². The molecule has 0 saturated carbocycles. The van der Waals surface area contributed by atoms with E-state index in [9.17, 15) is 0 Å². The molecule has 1 fully saturated rings. The van der Waals surface area contributed by atoms with Crippen LogP contribution in [0.4, 0.5) is 0 Å². The molecule has 2 heterocycles. The summed E-state index contributed by atoms with van der Waals surface area (Å²) in [4.78, 5) is 4.37. The van der Waals surface area contributed by atoms with Gasteiger partial charge in [0.25, 0.3) is 5.89 Å². The summed E-state index contributed by atoms with van der Waals surface area (Å²) >= 11 is 0. The summed E-state index contributed by atoms with van der Waals surface area (Å²) < 4.78 is 11.0. The normalized spacial score (nSPS) is 16.9. The third kappa shape index (κ3) is 3.05. The summed E-state index contributed by atoms with van der Waals surface area (Å²) in [6.07, 6.45) is 0.683. The number of aromatic nitrogens is 2. The summed E-state index contributed by atoms with van der Waals surface area (Å²) in [5, 5.41) is 7.19. The van der Waals surface area contributed by atoms with Gasteiger partial charge in [0.1, 0.15) is 6.61 Å². The van der Waals surface area contributed by atoms with Gasteiger partial charge in [-0.2, -0.15) is 4.98 Å². The summed E-state index contributed by atoms with van der Waals surface area (Å²) in [5.74, 6) is 1.24. The fourth-order valence-electron chi connectivity index (χ4n) is 2.12. The van der Waals surface area contributed by atoms with Crippen LogP contribution < -0.4 is 5.32 Å². The van der Waals surface area contributed by atoms with E-state index in [1.54, 1.807) is 0 Å². The van der Waals surface area contributed by atoms with Crippen LogP contribution in [0, 0.1) is 6.92 Å². The Labute approximate surface area is 118 Å². The molecule has 0 radical (unpaired) electrons. The molecule has 1 aliphatic heterocycles. The SMILES string of the molecule is Cc1ccc(Cc2noc(COC3(C)CNC3)n2)cc1. The molecule has 1 N–H and O–H groups in total. The summed E-state index contributed by atoms with van der Waals surface area (Å²) in [5.41, 5.74) is 2.34. The quantitative estimate of drug-likeness (QED) is 0.901. The Kier molecular flexibility index (Phi) is 3.54. The molecule has 1 saturated heterocycles. The average Bonchev–Trinajstić information content (AvgIpc) is 2.85. The molecule has 0 bridgehead atoms. The maximum atomic E-state index is 5.77. The van der Waals surface area contributed by atoms with Gasteiger partial charge in [0, 0.05) is 19.5 Å². The monoisotopic (exact) mass is 273 g/mol. The molecule has 0 atom stereocenters. The van der Waals surface area contributed by atoms with Crippen LogP contribution in [0.15, 0.2) is 28.8 Å². The molecule has 2 aromatic rings. The number of nitrogens with zero attached hydrogens (tertiary/aromatic N) is 2. The van der Waals surface area contributed by atoms with Crippen molar-refractivity contribution in [2.24, 2.45) is 0 Å². The van der Waals surface area contributed by atoms with Gasteiger partial charge >= 0.3 is 0 Å². The zero-order chi connectivity index (χ0) is 14.0. The molecular weight excluding hydrogens is 254 g/mol. The molecule has 1 aromatic heterocycles. The van der Waals surface area contributed by atoms with E-state index in [4.69, 9.17) is 9.26 Å². The lowest BCUT2D eigenvalue weighted by Crippen LogP contribution is -2.58. The molecule has 3 rings (SSSR count). The van der Waals surface area contributed by atoms with Gasteiger partial charge in [-0.3, -0.25) is 0 Å². The Hall–Kier alpha value is -1.72. The Balaban J connectivity index is 1.57. The number of hydrogen-bond donors (Lipinski definition) is 1. The Morgan fingerprint density at radius 3 is 2.70 bits per heavy atom. The molecular formula is C15H19N3O2. The summed E-state index contributed by atoms with van der Waals surface area (Å²) in [7, 11) is 0. The highest BCUT2D eigenvalue weighted by Crippen LogP contribution is 2.17. The molecule has 20 heavy (non-hydrogen) atoms. The molecule has 0 amide bonds. The van der Waals surface area contributed by atoms with E-state index in [1.807, 2.05) is 0 Å². The van der Waals surface area contributed by atoms with Gasteiger partial charge in [-0.05, 0) is 19.4 Å². The van der Waals surface area contributed by atoms with E-state index >= 15 is 0 Å². The largest absolute Gasteiger partial charge is 0.363 e. The number of nitrogens with one attached hydrogen (secondary N) is 1. The predicted octanol–water partition coefficient (Wildman–Crippen LogP) is 1.85. The van der Waals surface area contributed by atoms with Gasteiger partial charge in [0.2, 0.25) is 0 Å². The van der Waals surface area contributed by atoms with Gasteiger partial charge in [-0.15, -0.1) is 0 Å². The number of hydrogen-bond acceptors (Lipinski definition) is 5. The van der Waals surface area contributed by atoms with Gasteiger partial charge in [0.15, 0.2) is 5.82 Å². The minimum absolute atomic E-state index is 0.0917. The van der Waals surface area contributed by atoms with Gasteiger partial charge in [-0.25, -0.2) is 0 Å². The fraction of sp³-hybridized carbons (Fsp3) is 0.467. The van der Waals surface area contributed by atoms with E-state index in [2.05, 4.69) is 53.6 Å². The van der Waals surface area contributed by atoms with Crippen LogP contribution in [-0.2, 0) is 17.8 Å². The minimum atomic E-state index is -0.0917. The predicted molar refractivity (Wildman–Crippen MR) is 74.3 cm³/mol. The van der Waals surface area contributed by atoms with Crippen LogP contribution in [-0.4, -0.2) is 28.8 Å². The van der Waals surface area contributed by atoms with Crippen molar-refractivity contribution in [3.8, 4) is 0 Å². The molecule has 1 aliphatic rings. The maximum Gasteiger partial charge on any atom is 0.252 e. The number of benzene rings is 1. The first-order valence-corrected chi connectivity index (χ1v) is 6.85. The van der Waals surface area contributed by atoms with Crippen molar-refractivity contribution in [2.45, 2.75) is 32.5 Å². The third-order valence-electron chi connectivity index (χ3n) is 3.53. The lowest BCUT2D eigenvalue weighted by molar-refractivity contribution is -0.0841. The van der Waals surface area contributed by atoms with E-state index in [0.717, 1.165) is 13.1 Å². The Morgan fingerprint density at radius 1 is 1.30 bits per heavy atom. The van der Waals surface area contributed by atoms with Crippen LogP contribution in [0.2, 0.25) is 0 Å². The first-order chi connectivity index (χ1) is 9.63. The first-order valence-electron chi connectivity index (χ1n) is 6.85. The third-order valence-corrected chi connectivity index (χ3v) is 3.53. The van der Waals surface area contributed by atoms with Gasteiger partial charge < -0.3 is 14.6 Å². The van der Waals surface area contributed by atoms with Crippen molar-refractivity contribution in [2.75, 3.05) is 13.1 Å². The van der Waals surface area contributed by atoms with Crippen molar-refractivity contribution in [3.05, 3.63) is 47.1 Å². The second-order valence-electron chi connectivity index (χ2n) is 5.61. The zero-order valence-electron chi connectivity index (χ0n) is 11.8. The molecule has 106 valence electrons. The lowest BCUT2D eigenvalue weighted by Gasteiger charge is -2.38. The van der Waals surface area contributed by atoms with E-state index < -0.39 is 0 Å². The van der Waals surface area contributed by atoms with Crippen molar-refractivity contribution < 1.29 is 9.26 Å². The van der Waals surface area contributed by atoms with Crippen LogP contribution in [0.25, 0.3) is 0 Å². The molecule has 5 nitrogen and oxygen atoms in total. The van der Waals surface area contributed by atoms with E-state index in [1.165, 1.54) is 11.1 Å². The molecule has 0 unspecified atom stereocenters. The molecule has 0 spiro atoms. The maximum absolute atomic E-state index is 5.77. The van der Waals surface area contributed by atoms with Crippen molar-refractivity contribution in [1.82, 2.24) is 15.5 Å². The Morgan fingerprint density at radius 2 is 2.05 bits per heavy atom. The summed E-state index contributed by atoms with van der Waals surface area (Å²) in [6.45, 7) is 6.27. The fourth-order valence-corrected chi connectivity index (χ4v) is 2.12. The highest BCUT2D eigenvalue weighted by molar-refractivity contribution is 5.23. The molecule has 1 aromatic carbocycles. The minimum Gasteiger partial charge on any atom is -0.363 e. The average molecular weight is 273 g/mol. The number of aryl methyl sites for hydroxylation is 1. The smallest absolute Gasteiger partial charge is 0.252 e. The lowest BCUT2D eigenvalue weighted by atomic mass is 10.0. The Bertz CT molecular complexity index is 573. The van der Waals surface area contributed by atoms with Crippen molar-refractivity contribution in [3.63, 3.8) is 0 Å². The standard InChI is InChI=1S/C15H19N3O2/c1-11-3-5-12(6-4-11)7-13-17-14(20-18-13)8-19-15(2)9-16-10-15/h3-6,16H,7-10H2,1-2H3. The first kappa shape index (κ1) is 13.3. The van der Waals surface area contributed by atoms with Crippen molar-refractivity contribution >= 4 is 0 Å². The van der Waals surface area contributed by atoms with Crippen molar-refractivity contribution in [1.29, 1.82) is 0 Å². The van der Waals surface area contributed by atoms with E-state index in [0.29, 0.717) is 24.7 Å². The molecule has 5 heteroatoms. The highest BCUT2D eigenvalue weighted by atomic mass is 16.5. The second kappa shape index (κ2) is 5.34. The molecule has 0 aliphatic carbocycles. The van der Waals surface area contributed by atoms with Crippen LogP contribution >= 0.6 is 0 Å². The topological polar surface area (TPSA) is 60.2 Å². The van der Waals surface area contributed by atoms with Crippen LogP contribution in [0.3, 0.4) is 0 Å². The number of ether oxygens (including phenoxy) is 1. The highest BCUT2D eigenvalue weighted by Gasteiger charge is 2.32. The van der Waals surface area contributed by atoms with Gasteiger partial charge in [0.05, 0.1) is 5.60 Å². The van der Waals surface area contributed by atoms with Gasteiger partial charge in [-0.1, -0.05) is 35.0 Å². The second-order valence-corrected chi connectivity index (χ2v) is 5.61.